The van der Waals surface area contributed by atoms with Crippen molar-refractivity contribution in [3.05, 3.63) is 218 Å². The van der Waals surface area contributed by atoms with Crippen molar-refractivity contribution < 1.29 is 21.1 Å². The summed E-state index contributed by atoms with van der Waals surface area (Å²) in [7, 11) is 0. The number of fused-ring (bicyclic) bond motifs is 6. The number of nitrogens with zero attached hydrogens (tertiary/aromatic N) is 7. The zero-order chi connectivity index (χ0) is 45.9. The molecule has 0 bridgehead atoms. The van der Waals surface area contributed by atoms with Gasteiger partial charge in [-0.3, -0.25) is 0 Å². The monoisotopic (exact) mass is 1060 g/mol. The molecule has 68 heavy (non-hydrogen) atoms. The fourth-order valence-electron chi connectivity index (χ4n) is 9.13. The largest absolute Gasteiger partial charge is 0.477 e. The third-order valence-electron chi connectivity index (χ3n) is 12.7. The third kappa shape index (κ3) is 8.15. The van der Waals surface area contributed by atoms with Gasteiger partial charge in [-0.05, 0) is 75.5 Å². The van der Waals surface area contributed by atoms with Crippen molar-refractivity contribution in [2.75, 3.05) is 19.6 Å². The van der Waals surface area contributed by atoms with Crippen LogP contribution >= 0.6 is 0 Å². The van der Waals surface area contributed by atoms with Gasteiger partial charge in [0.05, 0.1) is 5.69 Å². The topological polar surface area (TPSA) is 51.6 Å². The molecular formula is C60H50N7Pt-3. The van der Waals surface area contributed by atoms with E-state index < -0.39 is 0 Å². The van der Waals surface area contributed by atoms with Gasteiger partial charge in [-0.2, -0.15) is 6.07 Å². The van der Waals surface area contributed by atoms with Crippen molar-refractivity contribution in [1.82, 2.24) is 15.0 Å². The predicted octanol–water partition coefficient (Wildman–Crippen LogP) is 15.7. The first-order chi connectivity index (χ1) is 32.5. The molecule has 9 aromatic rings. The Balaban J connectivity index is 0.00000539. The van der Waals surface area contributed by atoms with Crippen LogP contribution in [0.1, 0.15) is 52.7 Å². The normalized spacial score (nSPS) is 12.9. The maximum atomic E-state index is 5.02. The van der Waals surface area contributed by atoms with Gasteiger partial charge in [0.25, 0.3) is 0 Å². The van der Waals surface area contributed by atoms with E-state index in [0.717, 1.165) is 96.2 Å². The van der Waals surface area contributed by atoms with Crippen molar-refractivity contribution in [1.29, 1.82) is 0 Å². The van der Waals surface area contributed by atoms with Gasteiger partial charge in [0.1, 0.15) is 17.5 Å². The Labute approximate surface area is 414 Å². The summed E-state index contributed by atoms with van der Waals surface area (Å²) >= 11 is 0. The van der Waals surface area contributed by atoms with E-state index >= 15 is 0 Å². The second-order valence-corrected chi connectivity index (χ2v) is 19.2. The minimum absolute atomic E-state index is 0. The second kappa shape index (κ2) is 17.7. The van der Waals surface area contributed by atoms with E-state index in [2.05, 4.69) is 244 Å². The first-order valence-corrected chi connectivity index (χ1v) is 22.8. The average Bonchev–Trinajstić information content (AvgIpc) is 3.69. The maximum Gasteiger partial charge on any atom is 0.145 e. The fourth-order valence-corrected chi connectivity index (χ4v) is 9.13. The van der Waals surface area contributed by atoms with Gasteiger partial charge in [0.15, 0.2) is 0 Å². The summed E-state index contributed by atoms with van der Waals surface area (Å²) in [6.07, 6.45) is 5.38. The first-order valence-electron chi connectivity index (χ1n) is 22.8. The Morgan fingerprint density at radius 3 is 1.85 bits per heavy atom. The maximum absolute atomic E-state index is 5.02. The average molecular weight is 1060 g/mol. The van der Waals surface area contributed by atoms with Crippen LogP contribution in [0.5, 0.6) is 0 Å². The first kappa shape index (κ1) is 44.5. The zero-order valence-electron chi connectivity index (χ0n) is 38.9. The Morgan fingerprint density at radius 2 is 1.15 bits per heavy atom. The molecule has 0 amide bonds. The number of para-hydroxylation sites is 1. The van der Waals surface area contributed by atoms with E-state index in [4.69, 9.17) is 15.0 Å². The van der Waals surface area contributed by atoms with Crippen LogP contribution in [-0.4, -0.2) is 15.0 Å². The molecule has 338 valence electrons. The van der Waals surface area contributed by atoms with Crippen molar-refractivity contribution >= 4 is 57.3 Å². The number of aromatic nitrogens is 3. The quantitative estimate of drug-likeness (QED) is 0.147. The van der Waals surface area contributed by atoms with Crippen molar-refractivity contribution in [2.45, 2.75) is 52.4 Å². The molecule has 0 saturated heterocycles. The molecule has 0 fully saturated rings. The Bertz CT molecular complexity index is 3270. The zero-order valence-corrected chi connectivity index (χ0v) is 41.2. The molecule has 0 aliphatic carbocycles. The van der Waals surface area contributed by atoms with E-state index in [1.807, 2.05) is 12.3 Å². The van der Waals surface area contributed by atoms with Crippen LogP contribution in [0.4, 0.5) is 57.3 Å². The standard InChI is InChI=1S/C60H50N7.Pt/c1-59(2,3)43-20-17-23-46(35-43)64-40-65(58-57(64)62-32-33-63-58)48-36-44(60(4,5)6)37-49(38-48)66(45-21-11-8-12-22-45)47-28-30-53-51-25-14-13-24-50(51)52-29-27-42(41-18-9-7-10-19-41)34-54(52)67(55(53)39-47)56-26-15-16-31-61-56;/h7-37,40H,1-6H3;/q-3;. The Morgan fingerprint density at radius 1 is 0.485 bits per heavy atom. The van der Waals surface area contributed by atoms with E-state index in [0.29, 0.717) is 0 Å². The van der Waals surface area contributed by atoms with Crippen LogP contribution in [0.2, 0.25) is 0 Å². The van der Waals surface area contributed by atoms with Crippen LogP contribution in [0.25, 0.3) is 33.4 Å². The van der Waals surface area contributed by atoms with Crippen LogP contribution in [0.15, 0.2) is 188 Å². The molecule has 4 heterocycles. The molecule has 11 rings (SSSR count). The summed E-state index contributed by atoms with van der Waals surface area (Å²) in [6, 6.07) is 68.2. The number of hydrogen-bond acceptors (Lipinski definition) is 7. The van der Waals surface area contributed by atoms with Gasteiger partial charge in [-0.15, -0.1) is 53.8 Å². The van der Waals surface area contributed by atoms with Gasteiger partial charge >= 0.3 is 0 Å². The number of hydrogen-bond donors (Lipinski definition) is 0. The molecule has 0 unspecified atom stereocenters. The van der Waals surface area contributed by atoms with Crippen LogP contribution < -0.4 is 19.6 Å². The fraction of sp³-hybridized carbons (Fsp3) is 0.133. The van der Waals surface area contributed by atoms with Crippen LogP contribution in [0.3, 0.4) is 0 Å². The Hall–Kier alpha value is -7.34. The van der Waals surface area contributed by atoms with Gasteiger partial charge < -0.3 is 19.6 Å². The van der Waals surface area contributed by atoms with Gasteiger partial charge in [0.2, 0.25) is 0 Å². The molecule has 2 aromatic heterocycles. The SMILES string of the molecule is CC(C)(C)c1cc(N2[CH-]N(c3cccc(C(C)(C)C)c3)c3nccnc32)[c-]c(N(c2[c-]c3c(cc2)-c2ccccc2-c2ccc(-c4ccccc4)cc2N3c2ccccn2)c2ccccc2)c1.[Pt]. The molecule has 0 atom stereocenters. The molecule has 0 saturated carbocycles. The van der Waals surface area contributed by atoms with Crippen molar-refractivity contribution in [2.24, 2.45) is 0 Å². The van der Waals surface area contributed by atoms with E-state index in [1.54, 1.807) is 12.4 Å². The number of anilines is 10. The molecule has 7 nitrogen and oxygen atoms in total. The molecule has 7 aromatic carbocycles. The number of rotatable bonds is 7. The molecule has 0 radical (unpaired) electrons. The summed E-state index contributed by atoms with van der Waals surface area (Å²) in [4.78, 5) is 23.7. The van der Waals surface area contributed by atoms with Crippen LogP contribution in [0, 0.1) is 18.8 Å². The van der Waals surface area contributed by atoms with E-state index in [9.17, 15) is 0 Å². The summed E-state index contributed by atoms with van der Waals surface area (Å²) < 4.78 is 0. The van der Waals surface area contributed by atoms with Gasteiger partial charge in [0, 0.05) is 56.6 Å². The second-order valence-electron chi connectivity index (χ2n) is 19.2. The summed E-state index contributed by atoms with van der Waals surface area (Å²) in [5.41, 5.74) is 15.3. The smallest absolute Gasteiger partial charge is 0.145 e. The molecule has 0 spiro atoms. The number of pyridine rings is 1. The van der Waals surface area contributed by atoms with Gasteiger partial charge in [-0.1, -0.05) is 167 Å². The van der Waals surface area contributed by atoms with Crippen molar-refractivity contribution in [3.8, 4) is 33.4 Å². The summed E-state index contributed by atoms with van der Waals surface area (Å²) in [5, 5.41) is 0. The number of benzene rings is 7. The third-order valence-corrected chi connectivity index (χ3v) is 12.7. The van der Waals surface area contributed by atoms with Gasteiger partial charge in [-0.25, -0.2) is 15.0 Å². The van der Waals surface area contributed by atoms with Crippen LogP contribution in [-0.2, 0) is 31.9 Å². The van der Waals surface area contributed by atoms with E-state index in [1.165, 1.54) is 5.56 Å². The molecule has 0 N–H and O–H groups in total. The molecule has 2 aliphatic heterocycles. The minimum Gasteiger partial charge on any atom is -0.477 e. The Kier molecular flexibility index (Phi) is 11.6. The molecule has 8 heteroatoms. The summed E-state index contributed by atoms with van der Waals surface area (Å²) in [5.74, 6) is 2.29. The molecule has 2 aliphatic rings. The van der Waals surface area contributed by atoms with E-state index in [-0.39, 0.29) is 31.9 Å². The molecular weight excluding hydrogens is 1010 g/mol. The predicted molar refractivity (Wildman–Crippen MR) is 276 cm³/mol. The van der Waals surface area contributed by atoms with Crippen molar-refractivity contribution in [3.63, 3.8) is 0 Å². The minimum atomic E-state index is -0.219. The summed E-state index contributed by atoms with van der Waals surface area (Å²) in [6.45, 7) is 15.6.